The largest absolute Gasteiger partial charge is 0.345 e. The van der Waals surface area contributed by atoms with E-state index in [2.05, 4.69) is 16.0 Å². The van der Waals surface area contributed by atoms with Gasteiger partial charge in [-0.25, -0.2) is 9.18 Å². The topological polar surface area (TPSA) is 79.7 Å². The second-order valence-electron chi connectivity index (χ2n) is 6.74. The second kappa shape index (κ2) is 6.33. The molecule has 3 heterocycles. The zero-order chi connectivity index (χ0) is 17.4. The summed E-state index contributed by atoms with van der Waals surface area (Å²) < 4.78 is 15.0. The van der Waals surface area contributed by atoms with Crippen molar-refractivity contribution in [1.82, 2.24) is 4.57 Å². The van der Waals surface area contributed by atoms with Gasteiger partial charge in [0.15, 0.2) is 0 Å². The van der Waals surface area contributed by atoms with Gasteiger partial charge in [-0.2, -0.15) is 0 Å². The van der Waals surface area contributed by atoms with E-state index in [0.717, 1.165) is 25.2 Å². The quantitative estimate of drug-likeness (QED) is 0.769. The minimum absolute atomic E-state index is 0.177. The van der Waals surface area contributed by atoms with Gasteiger partial charge < -0.3 is 20.5 Å². The summed E-state index contributed by atoms with van der Waals surface area (Å²) in [5, 5.41) is 7.43. The van der Waals surface area contributed by atoms with Crippen LogP contribution in [0.1, 0.15) is 18.0 Å². The van der Waals surface area contributed by atoms with Crippen molar-refractivity contribution in [3.8, 4) is 0 Å². The minimum atomic E-state index is -0.562. The molecule has 4 rings (SSSR count). The molecule has 1 aromatic carbocycles. The lowest BCUT2D eigenvalue weighted by atomic mass is 9.84. The number of nitrogens with zero attached hydrogens (tertiary/aromatic N) is 1. The molecule has 25 heavy (non-hydrogen) atoms. The molecule has 2 amide bonds. The highest BCUT2D eigenvalue weighted by atomic mass is 19.1. The molecule has 2 aliphatic rings. The number of nitrogens with one attached hydrogen (secondary N) is 2. The summed E-state index contributed by atoms with van der Waals surface area (Å²) in [7, 11) is 0. The van der Waals surface area contributed by atoms with Crippen LogP contribution >= 0.6 is 0 Å². The number of nitrogens with two attached hydrogens (primary N) is 1. The first kappa shape index (κ1) is 15.8. The predicted octanol–water partition coefficient (Wildman–Crippen LogP) is 1.31. The van der Waals surface area contributed by atoms with Gasteiger partial charge in [-0.1, -0.05) is 6.07 Å². The van der Waals surface area contributed by atoms with Gasteiger partial charge in [0.1, 0.15) is 11.5 Å². The van der Waals surface area contributed by atoms with E-state index in [4.69, 9.17) is 0 Å². The Balaban J connectivity index is 1.54. The minimum Gasteiger partial charge on any atom is -0.345 e. The molecule has 6 nitrogen and oxygen atoms in total. The van der Waals surface area contributed by atoms with Crippen molar-refractivity contribution < 1.29 is 14.5 Å². The Kier molecular flexibility index (Phi) is 4.01. The number of fused-ring (bicyclic) bond motifs is 4. The Morgan fingerprint density at radius 3 is 2.92 bits per heavy atom. The van der Waals surface area contributed by atoms with Crippen LogP contribution in [0.2, 0.25) is 0 Å². The molecule has 130 valence electrons. The van der Waals surface area contributed by atoms with Crippen molar-refractivity contribution in [3.05, 3.63) is 58.3 Å². The number of rotatable bonds is 2. The van der Waals surface area contributed by atoms with Gasteiger partial charge in [0, 0.05) is 29.8 Å². The molecule has 1 aromatic heterocycles. The molecule has 2 aliphatic heterocycles. The van der Waals surface area contributed by atoms with E-state index < -0.39 is 11.8 Å². The molecule has 0 radical (unpaired) electrons. The third-order valence-corrected chi connectivity index (χ3v) is 4.97. The van der Waals surface area contributed by atoms with Crippen molar-refractivity contribution in [1.29, 1.82) is 0 Å². The van der Waals surface area contributed by atoms with E-state index in [-0.39, 0.29) is 11.2 Å². The van der Waals surface area contributed by atoms with Gasteiger partial charge in [0.2, 0.25) is 0 Å². The van der Waals surface area contributed by atoms with Crippen molar-refractivity contribution >= 4 is 17.4 Å². The number of halogens is 1. The molecule has 2 aromatic rings. The van der Waals surface area contributed by atoms with Gasteiger partial charge >= 0.3 is 6.03 Å². The second-order valence-corrected chi connectivity index (χ2v) is 6.74. The fourth-order valence-corrected chi connectivity index (χ4v) is 3.86. The number of hydrogen-bond donors (Lipinski definition) is 3. The standard InChI is InChI=1S/C18H19FN4O2/c19-13-2-1-3-14(7-13)21-18(25)22-15-4-5-16-12-6-11(8-20-9-12)10-23(16)17(15)24/h1-5,7,11-12,20H,6,8-10H2,(H2,21,22,25)/p+1/t11-,12+/m0/s1. The Morgan fingerprint density at radius 2 is 2.08 bits per heavy atom. The number of anilines is 2. The lowest BCUT2D eigenvalue weighted by Crippen LogP contribution is -2.89. The molecule has 0 spiro atoms. The van der Waals surface area contributed by atoms with Crippen LogP contribution in [0.4, 0.5) is 20.6 Å². The Morgan fingerprint density at radius 1 is 1.20 bits per heavy atom. The van der Waals surface area contributed by atoms with Crippen LogP contribution in [-0.4, -0.2) is 23.7 Å². The van der Waals surface area contributed by atoms with Gasteiger partial charge in [0.25, 0.3) is 5.56 Å². The Labute approximate surface area is 144 Å². The molecule has 4 N–H and O–H groups in total. The fraction of sp³-hybridized carbons (Fsp3) is 0.333. The number of quaternary nitrogens is 1. The molecule has 2 atom stereocenters. The number of urea groups is 1. The van der Waals surface area contributed by atoms with Crippen LogP contribution in [0.25, 0.3) is 0 Å². The smallest absolute Gasteiger partial charge is 0.323 e. The van der Waals surface area contributed by atoms with E-state index in [1.54, 1.807) is 16.7 Å². The van der Waals surface area contributed by atoms with Crippen molar-refractivity contribution in [3.63, 3.8) is 0 Å². The maximum Gasteiger partial charge on any atom is 0.323 e. The van der Waals surface area contributed by atoms with Crippen LogP contribution in [-0.2, 0) is 6.54 Å². The lowest BCUT2D eigenvalue weighted by molar-refractivity contribution is -0.673. The Bertz CT molecular complexity index is 880. The molecular formula is C18H20FN4O2+. The number of benzene rings is 1. The van der Waals surface area contributed by atoms with Crippen LogP contribution in [0, 0.1) is 11.7 Å². The first-order valence-electron chi connectivity index (χ1n) is 8.49. The monoisotopic (exact) mass is 343 g/mol. The van der Waals surface area contributed by atoms with Gasteiger partial charge in [-0.3, -0.25) is 4.79 Å². The first-order chi connectivity index (χ1) is 12.1. The molecule has 1 saturated heterocycles. The SMILES string of the molecule is O=C(Nc1cccc(F)c1)Nc1ccc2n(c1=O)C[C@@H]1C[NH2+]C[C@H]2C1. The third kappa shape index (κ3) is 3.15. The molecule has 0 unspecified atom stereocenters. The highest BCUT2D eigenvalue weighted by molar-refractivity contribution is 5.99. The maximum absolute atomic E-state index is 13.2. The molecular weight excluding hydrogens is 323 g/mol. The van der Waals surface area contributed by atoms with Crippen LogP contribution in [0.3, 0.4) is 0 Å². The molecule has 7 heteroatoms. The number of aromatic nitrogens is 1. The summed E-state index contributed by atoms with van der Waals surface area (Å²) in [5.41, 5.74) is 1.44. The van der Waals surface area contributed by atoms with Crippen molar-refractivity contribution in [2.24, 2.45) is 5.92 Å². The van der Waals surface area contributed by atoms with E-state index in [0.29, 0.717) is 24.1 Å². The van der Waals surface area contributed by atoms with Crippen molar-refractivity contribution in [2.75, 3.05) is 23.7 Å². The van der Waals surface area contributed by atoms with E-state index in [9.17, 15) is 14.0 Å². The predicted molar refractivity (Wildman–Crippen MR) is 92.3 cm³/mol. The summed E-state index contributed by atoms with van der Waals surface area (Å²) >= 11 is 0. The van der Waals surface area contributed by atoms with Crippen LogP contribution in [0.5, 0.6) is 0 Å². The zero-order valence-electron chi connectivity index (χ0n) is 13.7. The van der Waals surface area contributed by atoms with Crippen molar-refractivity contribution in [2.45, 2.75) is 18.9 Å². The summed E-state index contributed by atoms with van der Waals surface area (Å²) in [4.78, 5) is 24.8. The van der Waals surface area contributed by atoms with Gasteiger partial charge in [-0.05, 0) is 36.8 Å². The average molecular weight is 343 g/mol. The van der Waals surface area contributed by atoms with Crippen LogP contribution < -0.4 is 21.5 Å². The van der Waals surface area contributed by atoms with E-state index >= 15 is 0 Å². The number of hydrogen-bond acceptors (Lipinski definition) is 2. The first-order valence-corrected chi connectivity index (χ1v) is 8.49. The summed E-state index contributed by atoms with van der Waals surface area (Å²) in [6.45, 7) is 2.74. The fourth-order valence-electron chi connectivity index (χ4n) is 3.86. The Hall–Kier alpha value is -2.67. The maximum atomic E-state index is 13.2. The van der Waals surface area contributed by atoms with Gasteiger partial charge in [-0.15, -0.1) is 0 Å². The highest BCUT2D eigenvalue weighted by Gasteiger charge is 2.33. The third-order valence-electron chi connectivity index (χ3n) is 4.97. The summed E-state index contributed by atoms with van der Waals surface area (Å²) in [6, 6.07) is 8.64. The normalized spacial score (nSPS) is 21.3. The van der Waals surface area contributed by atoms with E-state index in [1.807, 2.05) is 6.07 Å². The number of piperidine rings is 1. The number of carbonyl (C=O) groups excluding carboxylic acids is 1. The zero-order valence-corrected chi connectivity index (χ0v) is 13.7. The molecule has 2 bridgehead atoms. The lowest BCUT2D eigenvalue weighted by Gasteiger charge is -2.35. The van der Waals surface area contributed by atoms with Gasteiger partial charge in [0.05, 0.1) is 13.1 Å². The highest BCUT2D eigenvalue weighted by Crippen LogP contribution is 2.30. The van der Waals surface area contributed by atoms with E-state index in [1.165, 1.54) is 18.2 Å². The number of pyridine rings is 1. The molecule has 0 saturated carbocycles. The molecule has 1 fully saturated rings. The summed E-state index contributed by atoms with van der Waals surface area (Å²) in [6.07, 6.45) is 1.13. The molecule has 0 aliphatic carbocycles. The number of carbonyl (C=O) groups is 1. The average Bonchev–Trinajstić information content (AvgIpc) is 2.58. The van der Waals surface area contributed by atoms with Crippen LogP contribution in [0.15, 0.2) is 41.2 Å². The number of amides is 2. The summed E-state index contributed by atoms with van der Waals surface area (Å²) in [5.74, 6) is 0.464.